The lowest BCUT2D eigenvalue weighted by molar-refractivity contribution is -0.0495. The molecule has 9 heteroatoms. The normalized spacial score (nSPS) is 10.8. The minimum Gasteiger partial charge on any atom is -0.463 e. The number of ether oxygens (including phenoxy) is 1. The van der Waals surface area contributed by atoms with Crippen LogP contribution >= 0.6 is 0 Å². The average molecular weight is 337 g/mol. The molecule has 2 aromatic heterocycles. The molecule has 3 rings (SSSR count). The first-order valence-corrected chi connectivity index (χ1v) is 6.68. The number of hydrogen-bond acceptors (Lipinski definition) is 4. The number of H-pyrrole nitrogens is 1. The molecule has 3 aromatic rings. The fourth-order valence-corrected chi connectivity index (χ4v) is 1.98. The highest BCUT2D eigenvalue weighted by molar-refractivity contribution is 6.04. The van der Waals surface area contributed by atoms with Crippen molar-refractivity contribution in [2.24, 2.45) is 0 Å². The molecule has 0 radical (unpaired) electrons. The van der Waals surface area contributed by atoms with Gasteiger partial charge in [0, 0.05) is 12.1 Å². The van der Waals surface area contributed by atoms with E-state index in [1.165, 1.54) is 12.3 Å². The second kappa shape index (κ2) is 6.49. The lowest BCUT2D eigenvalue weighted by Crippen LogP contribution is -2.14. The summed E-state index contributed by atoms with van der Waals surface area (Å²) < 4.78 is 47.2. The number of benzene rings is 1. The van der Waals surface area contributed by atoms with Crippen molar-refractivity contribution in [3.8, 4) is 17.2 Å². The third-order valence-electron chi connectivity index (χ3n) is 3.01. The number of amides is 1. The van der Waals surface area contributed by atoms with Crippen molar-refractivity contribution in [2.45, 2.75) is 6.61 Å². The van der Waals surface area contributed by atoms with Gasteiger partial charge in [-0.1, -0.05) is 0 Å². The highest BCUT2D eigenvalue weighted by Gasteiger charge is 2.17. The largest absolute Gasteiger partial charge is 0.463 e. The number of alkyl halides is 2. The lowest BCUT2D eigenvalue weighted by Gasteiger charge is -2.11. The number of aromatic nitrogens is 2. The Kier molecular flexibility index (Phi) is 4.23. The van der Waals surface area contributed by atoms with Gasteiger partial charge in [-0.05, 0) is 24.3 Å². The number of rotatable bonds is 5. The molecule has 124 valence electrons. The molecule has 0 saturated heterocycles. The van der Waals surface area contributed by atoms with Crippen molar-refractivity contribution < 1.29 is 27.1 Å². The summed E-state index contributed by atoms with van der Waals surface area (Å²) in [6.07, 6.45) is 1.46. The number of carbonyl (C=O) groups is 1. The lowest BCUT2D eigenvalue weighted by atomic mass is 10.2. The van der Waals surface area contributed by atoms with Gasteiger partial charge >= 0.3 is 6.61 Å². The van der Waals surface area contributed by atoms with Crippen LogP contribution in [0.1, 0.15) is 10.5 Å². The predicted molar refractivity (Wildman–Crippen MR) is 77.3 cm³/mol. The minimum atomic E-state index is -3.15. The highest BCUT2D eigenvalue weighted by atomic mass is 19.3. The number of hydrogen-bond donors (Lipinski definition) is 2. The maximum Gasteiger partial charge on any atom is 0.387 e. The maximum atomic E-state index is 13.2. The first-order chi connectivity index (χ1) is 11.5. The summed E-state index contributed by atoms with van der Waals surface area (Å²) in [5.74, 6) is -1.47. The molecule has 2 heterocycles. The van der Waals surface area contributed by atoms with Crippen molar-refractivity contribution in [1.29, 1.82) is 0 Å². The SMILES string of the molecule is O=C(Nc1ccc(F)cc1OC(F)F)c1cc(-c2ccco2)[nH]n1. The standard InChI is InChI=1S/C15H10F3N3O3/c16-8-3-4-9(13(6-8)24-15(17)18)19-14(22)11-7-10(20-21-11)12-2-1-5-23-12/h1-7,15H,(H,19,22)(H,20,21). The monoisotopic (exact) mass is 337 g/mol. The number of halogens is 3. The molecule has 0 spiro atoms. The van der Waals surface area contributed by atoms with Crippen LogP contribution in [-0.2, 0) is 0 Å². The smallest absolute Gasteiger partial charge is 0.387 e. The van der Waals surface area contributed by atoms with Gasteiger partial charge in [0.15, 0.2) is 17.2 Å². The second-order valence-electron chi connectivity index (χ2n) is 4.62. The minimum absolute atomic E-state index is 0.00581. The molecule has 0 unspecified atom stereocenters. The highest BCUT2D eigenvalue weighted by Crippen LogP contribution is 2.27. The van der Waals surface area contributed by atoms with E-state index in [0.29, 0.717) is 11.5 Å². The Morgan fingerprint density at radius 2 is 2.12 bits per heavy atom. The van der Waals surface area contributed by atoms with Crippen molar-refractivity contribution in [3.63, 3.8) is 0 Å². The summed E-state index contributed by atoms with van der Waals surface area (Å²) in [4.78, 5) is 12.2. The van der Waals surface area contributed by atoms with E-state index in [0.717, 1.165) is 18.2 Å². The molecule has 24 heavy (non-hydrogen) atoms. The van der Waals surface area contributed by atoms with Crippen LogP contribution in [0.25, 0.3) is 11.5 Å². The van der Waals surface area contributed by atoms with Gasteiger partial charge in [0.2, 0.25) is 0 Å². The average Bonchev–Trinajstić information content (AvgIpc) is 3.19. The Morgan fingerprint density at radius 3 is 2.83 bits per heavy atom. The van der Waals surface area contributed by atoms with Gasteiger partial charge in [-0.3, -0.25) is 9.89 Å². The van der Waals surface area contributed by atoms with E-state index in [1.807, 2.05) is 0 Å². The number of carbonyl (C=O) groups excluding carboxylic acids is 1. The molecule has 0 aliphatic heterocycles. The number of nitrogens with one attached hydrogen (secondary N) is 2. The van der Waals surface area contributed by atoms with Crippen molar-refractivity contribution in [2.75, 3.05) is 5.32 Å². The zero-order chi connectivity index (χ0) is 17.1. The molecule has 1 aromatic carbocycles. The third-order valence-corrected chi connectivity index (χ3v) is 3.01. The van der Waals surface area contributed by atoms with E-state index >= 15 is 0 Å². The first-order valence-electron chi connectivity index (χ1n) is 6.68. The van der Waals surface area contributed by atoms with Crippen LogP contribution in [-0.4, -0.2) is 22.7 Å². The van der Waals surface area contributed by atoms with Crippen LogP contribution in [0.15, 0.2) is 47.1 Å². The zero-order valence-corrected chi connectivity index (χ0v) is 11.9. The summed E-state index contributed by atoms with van der Waals surface area (Å²) >= 11 is 0. The molecule has 0 aliphatic carbocycles. The number of furan rings is 1. The van der Waals surface area contributed by atoms with E-state index in [1.54, 1.807) is 12.1 Å². The quantitative estimate of drug-likeness (QED) is 0.744. The summed E-state index contributed by atoms with van der Waals surface area (Å²) in [6.45, 7) is -3.15. The van der Waals surface area contributed by atoms with Crippen LogP contribution in [0.4, 0.5) is 18.9 Å². The van der Waals surface area contributed by atoms with Gasteiger partial charge in [-0.15, -0.1) is 0 Å². The summed E-state index contributed by atoms with van der Waals surface area (Å²) in [6, 6.07) is 7.63. The summed E-state index contributed by atoms with van der Waals surface area (Å²) in [5, 5.41) is 8.77. The number of anilines is 1. The van der Waals surface area contributed by atoms with Crippen LogP contribution in [0.5, 0.6) is 5.75 Å². The van der Waals surface area contributed by atoms with Crippen LogP contribution in [0, 0.1) is 5.82 Å². The Balaban J connectivity index is 1.80. The molecule has 0 bridgehead atoms. The van der Waals surface area contributed by atoms with Gasteiger partial charge in [0.25, 0.3) is 5.91 Å². The molecule has 1 amide bonds. The fourth-order valence-electron chi connectivity index (χ4n) is 1.98. The molecule has 0 aliphatic rings. The summed E-state index contributed by atoms with van der Waals surface area (Å²) in [5.41, 5.74) is 0.353. The van der Waals surface area contributed by atoms with Crippen molar-refractivity contribution in [1.82, 2.24) is 10.2 Å². The third kappa shape index (κ3) is 3.40. The molecule has 6 nitrogen and oxygen atoms in total. The van der Waals surface area contributed by atoms with Gasteiger partial charge in [0.05, 0.1) is 12.0 Å². The van der Waals surface area contributed by atoms with E-state index < -0.39 is 24.1 Å². The van der Waals surface area contributed by atoms with Crippen LogP contribution in [0.3, 0.4) is 0 Å². The zero-order valence-electron chi connectivity index (χ0n) is 11.9. The van der Waals surface area contributed by atoms with Crippen LogP contribution in [0.2, 0.25) is 0 Å². The fraction of sp³-hybridized carbons (Fsp3) is 0.0667. The van der Waals surface area contributed by atoms with E-state index in [4.69, 9.17) is 4.42 Å². The molecular formula is C15H10F3N3O3. The molecule has 2 N–H and O–H groups in total. The molecule has 0 fully saturated rings. The van der Waals surface area contributed by atoms with E-state index in [2.05, 4.69) is 20.3 Å². The maximum absolute atomic E-state index is 13.2. The van der Waals surface area contributed by atoms with Gasteiger partial charge < -0.3 is 14.5 Å². The van der Waals surface area contributed by atoms with Gasteiger partial charge in [0.1, 0.15) is 11.5 Å². The Hall–Kier alpha value is -3.23. The molecular weight excluding hydrogens is 327 g/mol. The molecule has 0 saturated carbocycles. The van der Waals surface area contributed by atoms with Crippen LogP contribution < -0.4 is 10.1 Å². The molecule has 0 atom stereocenters. The Bertz CT molecular complexity index is 847. The van der Waals surface area contributed by atoms with Crippen molar-refractivity contribution in [3.05, 3.63) is 54.2 Å². The van der Waals surface area contributed by atoms with Gasteiger partial charge in [-0.2, -0.15) is 13.9 Å². The first kappa shape index (κ1) is 15.7. The van der Waals surface area contributed by atoms with E-state index in [9.17, 15) is 18.0 Å². The topological polar surface area (TPSA) is 80.1 Å². The second-order valence-corrected chi connectivity index (χ2v) is 4.62. The predicted octanol–water partition coefficient (Wildman–Crippen LogP) is 3.66. The Morgan fingerprint density at radius 1 is 1.29 bits per heavy atom. The van der Waals surface area contributed by atoms with Crippen molar-refractivity contribution >= 4 is 11.6 Å². The number of nitrogens with zero attached hydrogens (tertiary/aromatic N) is 1. The summed E-state index contributed by atoms with van der Waals surface area (Å²) in [7, 11) is 0. The number of aromatic amines is 1. The van der Waals surface area contributed by atoms with Gasteiger partial charge in [-0.25, -0.2) is 4.39 Å². The Labute approximate surface area is 133 Å². The van der Waals surface area contributed by atoms with E-state index in [-0.39, 0.29) is 11.4 Å².